The topological polar surface area (TPSA) is 35.8 Å². The lowest BCUT2D eigenvalue weighted by atomic mass is 10.0. The molecule has 1 aliphatic rings. The van der Waals surface area contributed by atoms with E-state index in [0.717, 1.165) is 18.4 Å². The predicted molar refractivity (Wildman–Crippen MR) is 60.7 cm³/mol. The van der Waals surface area contributed by atoms with Crippen molar-refractivity contribution >= 4 is 0 Å². The Bertz CT molecular complexity index is 405. The van der Waals surface area contributed by atoms with Gasteiger partial charge in [0.2, 0.25) is 0 Å². The molecular formula is C13H15FN2. The van der Waals surface area contributed by atoms with Crippen LogP contribution in [0.5, 0.6) is 0 Å². The number of nitrogens with one attached hydrogen (secondary N) is 1. The molecule has 1 aliphatic carbocycles. The maximum Gasteiger partial charge on any atom is 0.0991 e. The summed E-state index contributed by atoms with van der Waals surface area (Å²) in [5.74, 6) is 0. The third-order valence-corrected chi connectivity index (χ3v) is 3.07. The van der Waals surface area contributed by atoms with E-state index in [4.69, 9.17) is 5.26 Å². The zero-order valence-corrected chi connectivity index (χ0v) is 9.17. The van der Waals surface area contributed by atoms with E-state index in [1.54, 1.807) is 6.07 Å². The Morgan fingerprint density at radius 3 is 2.88 bits per heavy atom. The van der Waals surface area contributed by atoms with Gasteiger partial charge in [0.25, 0.3) is 0 Å². The van der Waals surface area contributed by atoms with Crippen LogP contribution >= 0.6 is 0 Å². The molecule has 0 amide bonds. The van der Waals surface area contributed by atoms with Crippen LogP contribution in [0.1, 0.15) is 30.4 Å². The Morgan fingerprint density at radius 2 is 2.25 bits per heavy atom. The molecule has 3 heteroatoms. The highest BCUT2D eigenvalue weighted by Gasteiger charge is 2.43. The predicted octanol–water partition coefficient (Wildman–Crippen LogP) is 2.50. The van der Waals surface area contributed by atoms with E-state index < -0.39 is 0 Å². The van der Waals surface area contributed by atoms with E-state index in [9.17, 15) is 4.39 Å². The molecule has 0 spiro atoms. The Kier molecular flexibility index (Phi) is 3.21. The zero-order valence-electron chi connectivity index (χ0n) is 9.17. The maximum absolute atomic E-state index is 12.0. The van der Waals surface area contributed by atoms with Crippen LogP contribution in [0.3, 0.4) is 0 Å². The highest BCUT2D eigenvalue weighted by molar-refractivity contribution is 5.38. The highest BCUT2D eigenvalue weighted by atomic mass is 19.1. The first-order chi connectivity index (χ1) is 7.80. The minimum atomic E-state index is -0.276. The lowest BCUT2D eigenvalue weighted by Crippen LogP contribution is -2.30. The first-order valence-corrected chi connectivity index (χ1v) is 5.62. The molecule has 0 heterocycles. The Morgan fingerprint density at radius 1 is 1.44 bits per heavy atom. The monoisotopic (exact) mass is 218 g/mol. The molecule has 1 N–H and O–H groups in total. The van der Waals surface area contributed by atoms with Crippen LogP contribution in [-0.2, 0) is 5.54 Å². The molecule has 1 fully saturated rings. The molecule has 0 atom stereocenters. The van der Waals surface area contributed by atoms with Crippen LogP contribution < -0.4 is 5.32 Å². The number of hydrogen-bond donors (Lipinski definition) is 1. The van der Waals surface area contributed by atoms with Gasteiger partial charge in [-0.1, -0.05) is 12.1 Å². The van der Waals surface area contributed by atoms with Gasteiger partial charge in [-0.05, 0) is 43.5 Å². The summed E-state index contributed by atoms with van der Waals surface area (Å²) in [6.45, 7) is 0.425. The fourth-order valence-corrected chi connectivity index (χ4v) is 1.97. The van der Waals surface area contributed by atoms with Gasteiger partial charge in [-0.25, -0.2) is 0 Å². The molecule has 0 aliphatic heterocycles. The van der Waals surface area contributed by atoms with E-state index >= 15 is 0 Å². The van der Waals surface area contributed by atoms with Crippen molar-refractivity contribution in [1.82, 2.24) is 5.32 Å². The summed E-state index contributed by atoms with van der Waals surface area (Å²) in [6.07, 6.45) is 2.71. The van der Waals surface area contributed by atoms with Crippen molar-refractivity contribution in [3.63, 3.8) is 0 Å². The molecule has 0 saturated heterocycles. The Labute approximate surface area is 95.1 Å². The van der Waals surface area contributed by atoms with Gasteiger partial charge < -0.3 is 5.32 Å². The third-order valence-electron chi connectivity index (χ3n) is 3.07. The second-order valence-corrected chi connectivity index (χ2v) is 4.24. The summed E-state index contributed by atoms with van der Waals surface area (Å²) in [6, 6.07) is 9.82. The molecule has 2 nitrogen and oxygen atoms in total. The number of halogens is 1. The van der Waals surface area contributed by atoms with Gasteiger partial charge in [0.1, 0.15) is 0 Å². The summed E-state index contributed by atoms with van der Waals surface area (Å²) < 4.78 is 12.0. The number of benzene rings is 1. The van der Waals surface area contributed by atoms with Gasteiger partial charge in [0.15, 0.2) is 0 Å². The van der Waals surface area contributed by atoms with Crippen molar-refractivity contribution in [2.24, 2.45) is 0 Å². The zero-order chi connectivity index (χ0) is 11.4. The van der Waals surface area contributed by atoms with E-state index in [0.29, 0.717) is 18.5 Å². The van der Waals surface area contributed by atoms with Gasteiger partial charge in [0.05, 0.1) is 18.3 Å². The average Bonchev–Trinajstić information content (AvgIpc) is 3.11. The van der Waals surface area contributed by atoms with E-state index in [-0.39, 0.29) is 12.2 Å². The number of hydrogen-bond acceptors (Lipinski definition) is 2. The average molecular weight is 218 g/mol. The van der Waals surface area contributed by atoms with Crippen molar-refractivity contribution in [3.05, 3.63) is 35.4 Å². The highest BCUT2D eigenvalue weighted by Crippen LogP contribution is 2.45. The van der Waals surface area contributed by atoms with Gasteiger partial charge in [-0.2, -0.15) is 5.26 Å². The van der Waals surface area contributed by atoms with E-state index in [2.05, 4.69) is 11.4 Å². The second-order valence-electron chi connectivity index (χ2n) is 4.24. The fraction of sp³-hybridized carbons (Fsp3) is 0.462. The Balaban J connectivity index is 2.08. The summed E-state index contributed by atoms with van der Waals surface area (Å²) >= 11 is 0. The smallest absolute Gasteiger partial charge is 0.0991 e. The van der Waals surface area contributed by atoms with Crippen molar-refractivity contribution in [3.8, 4) is 6.07 Å². The number of rotatable bonds is 5. The molecule has 0 radical (unpaired) electrons. The largest absolute Gasteiger partial charge is 0.307 e. The molecule has 84 valence electrons. The van der Waals surface area contributed by atoms with Crippen molar-refractivity contribution in [2.45, 2.75) is 24.8 Å². The molecule has 1 saturated carbocycles. The van der Waals surface area contributed by atoms with Gasteiger partial charge >= 0.3 is 0 Å². The molecule has 1 aromatic carbocycles. The van der Waals surface area contributed by atoms with Crippen LogP contribution in [0.25, 0.3) is 0 Å². The molecule has 0 aromatic heterocycles. The molecule has 16 heavy (non-hydrogen) atoms. The van der Waals surface area contributed by atoms with Gasteiger partial charge in [-0.15, -0.1) is 0 Å². The van der Waals surface area contributed by atoms with Crippen molar-refractivity contribution in [2.75, 3.05) is 13.2 Å². The first kappa shape index (κ1) is 11.1. The maximum atomic E-state index is 12.0. The minimum absolute atomic E-state index is 0.0159. The lowest BCUT2D eigenvalue weighted by Gasteiger charge is -2.17. The number of nitriles is 1. The van der Waals surface area contributed by atoms with E-state index in [1.807, 2.05) is 18.2 Å². The van der Waals surface area contributed by atoms with Crippen LogP contribution in [-0.4, -0.2) is 13.2 Å². The van der Waals surface area contributed by atoms with Crippen LogP contribution in [0.4, 0.5) is 4.39 Å². The normalized spacial score (nSPS) is 16.8. The molecule has 0 bridgehead atoms. The van der Waals surface area contributed by atoms with E-state index in [1.165, 1.54) is 0 Å². The molecular weight excluding hydrogens is 203 g/mol. The standard InChI is InChI=1S/C13H15FN2/c14-7-2-8-16-13(5-6-13)12-4-1-3-11(9-12)10-15/h1,3-4,9,16H,2,5-8H2. The molecule has 0 unspecified atom stereocenters. The third kappa shape index (κ3) is 2.23. The van der Waals surface area contributed by atoms with Gasteiger partial charge in [0, 0.05) is 5.54 Å². The molecule has 1 aromatic rings. The lowest BCUT2D eigenvalue weighted by molar-refractivity contribution is 0.432. The van der Waals surface area contributed by atoms with Crippen molar-refractivity contribution in [1.29, 1.82) is 5.26 Å². The van der Waals surface area contributed by atoms with Crippen molar-refractivity contribution < 1.29 is 4.39 Å². The summed E-state index contributed by atoms with van der Waals surface area (Å²) in [4.78, 5) is 0. The number of alkyl halides is 1. The Hall–Kier alpha value is -1.40. The van der Waals surface area contributed by atoms with Crippen LogP contribution in [0.2, 0.25) is 0 Å². The SMILES string of the molecule is N#Cc1cccc(C2(NCCCF)CC2)c1. The number of nitrogens with zero attached hydrogens (tertiary/aromatic N) is 1. The van der Waals surface area contributed by atoms with Crippen LogP contribution in [0.15, 0.2) is 24.3 Å². The van der Waals surface area contributed by atoms with Gasteiger partial charge in [-0.3, -0.25) is 4.39 Å². The first-order valence-electron chi connectivity index (χ1n) is 5.62. The summed E-state index contributed by atoms with van der Waals surface area (Å²) in [5.41, 5.74) is 1.86. The van der Waals surface area contributed by atoms with Crippen LogP contribution in [0, 0.1) is 11.3 Å². The summed E-state index contributed by atoms with van der Waals surface area (Å²) in [7, 11) is 0. The fourth-order valence-electron chi connectivity index (χ4n) is 1.97. The summed E-state index contributed by atoms with van der Waals surface area (Å²) in [5, 5.41) is 12.2. The molecule has 2 rings (SSSR count). The minimum Gasteiger partial charge on any atom is -0.307 e. The quantitative estimate of drug-likeness (QED) is 0.771. The second kappa shape index (κ2) is 4.63.